The Morgan fingerprint density at radius 2 is 1.65 bits per heavy atom. The van der Waals surface area contributed by atoms with Crippen molar-refractivity contribution in [3.63, 3.8) is 0 Å². The van der Waals surface area contributed by atoms with E-state index in [0.29, 0.717) is 12.3 Å². The number of anilines is 1. The first-order valence-corrected chi connectivity index (χ1v) is 28.1. The Balaban J connectivity index is 1.43. The van der Waals surface area contributed by atoms with E-state index in [4.69, 9.17) is 41.8 Å². The summed E-state index contributed by atoms with van der Waals surface area (Å²) in [5, 5.41) is 8.18. The maximum absolute atomic E-state index is 14.4. The predicted molar refractivity (Wildman–Crippen MR) is 218 cm³/mol. The molecule has 20 nitrogen and oxygen atoms in total. The van der Waals surface area contributed by atoms with Gasteiger partial charge in [-0.2, -0.15) is 9.67 Å². The molecule has 2 aliphatic heterocycles. The largest absolute Gasteiger partial charge is 0.474 e. The Hall–Kier alpha value is -1.77. The lowest BCUT2D eigenvalue weighted by molar-refractivity contribution is -0.0549. The number of H-pyrrole nitrogens is 1. The van der Waals surface area contributed by atoms with Gasteiger partial charge in [-0.15, -0.1) is 5.10 Å². The first-order chi connectivity index (χ1) is 26.6. The number of nitrogens with zero attached hydrogens (tertiary/aromatic N) is 6. The number of nitrogen functional groups attached to an aromatic ring is 1. The van der Waals surface area contributed by atoms with E-state index in [9.17, 15) is 18.7 Å². The van der Waals surface area contributed by atoms with E-state index in [0.717, 1.165) is 4.68 Å². The molecule has 1 saturated carbocycles. The van der Waals surface area contributed by atoms with Crippen molar-refractivity contribution in [3.05, 3.63) is 28.9 Å². The van der Waals surface area contributed by atoms with Gasteiger partial charge >= 0.3 is 30.7 Å². The van der Waals surface area contributed by atoms with Gasteiger partial charge in [0.25, 0.3) is 5.56 Å². The van der Waals surface area contributed by atoms with Crippen LogP contribution in [0.3, 0.4) is 0 Å². The molecule has 6 rings (SSSR count). The zero-order valence-electron chi connectivity index (χ0n) is 32.9. The van der Waals surface area contributed by atoms with Crippen LogP contribution >= 0.6 is 38.1 Å². The smallest absolute Gasteiger partial charge is 0.386 e. The molecule has 26 heteroatoms. The van der Waals surface area contributed by atoms with Crippen LogP contribution in [0.1, 0.15) is 74.5 Å². The summed E-state index contributed by atoms with van der Waals surface area (Å²) in [4.78, 5) is 39.7. The third kappa shape index (κ3) is 9.59. The lowest BCUT2D eigenvalue weighted by Crippen LogP contribution is -2.62. The summed E-state index contributed by atoms with van der Waals surface area (Å²) in [6, 6.07) is 1.60. The Labute approximate surface area is 342 Å². The zero-order valence-corrected chi connectivity index (χ0v) is 38.5. The van der Waals surface area contributed by atoms with Crippen LogP contribution in [0, 0.1) is 5.92 Å². The standard InChI is InChI=1S/C31H52N8O12P2S2Si2/c1-16(2)56(43,17(3)4)51-57(18(5)6,19(7)8)50-26-23-14-45-52(41,54)48-22-12-21(46-24-9-10-33-15-34-24)11-20(22)13-44-53(42,55)49-27(26)30(47-23)39-28-25(37-38-39)29(40)36-31(32)35-28/h9-10,15-23,26-27,30,43H,11-14H2,1-8H3,(H,41,54)(H,42,55)(H3,32,35,36,40)/t20-,21-,22+,23-,26-,27-,30-,52-,53+/m1/s1. The number of aromatic nitrogens is 7. The third-order valence-electron chi connectivity index (χ3n) is 10.6. The fraction of sp³-hybridized carbons (Fsp3) is 0.742. The van der Waals surface area contributed by atoms with Crippen molar-refractivity contribution < 1.29 is 50.0 Å². The molecule has 57 heavy (non-hydrogen) atoms. The molecule has 3 aromatic heterocycles. The number of nitrogens with two attached hydrogens (primary N) is 1. The van der Waals surface area contributed by atoms with E-state index in [1.54, 1.807) is 6.07 Å². The van der Waals surface area contributed by atoms with Gasteiger partial charge in [0.05, 0.1) is 19.3 Å². The lowest BCUT2D eigenvalue weighted by atomic mass is 10.1. The first kappa shape index (κ1) is 44.8. The molecule has 0 radical (unpaired) electrons. The number of aromatic amines is 1. The van der Waals surface area contributed by atoms with Crippen molar-refractivity contribution in [3.8, 4) is 5.88 Å². The Morgan fingerprint density at radius 1 is 0.982 bits per heavy atom. The highest BCUT2D eigenvalue weighted by Gasteiger charge is 2.60. The van der Waals surface area contributed by atoms with Crippen LogP contribution < -0.4 is 16.0 Å². The van der Waals surface area contributed by atoms with Crippen LogP contribution in [0.5, 0.6) is 5.88 Å². The minimum atomic E-state index is -4.36. The quantitative estimate of drug-likeness (QED) is 0.0910. The van der Waals surface area contributed by atoms with E-state index < -0.39 is 85.5 Å². The van der Waals surface area contributed by atoms with Crippen LogP contribution in [0.15, 0.2) is 23.4 Å². The SMILES string of the molecule is CC(C)[Si](O)(O[Si](O[C@H]1[C@H]2O[P@@](=O)(S)OC[C@H]3C[C@@H](Oc4ccncn4)C[C@@H]3O[P@](=O)(S)OC[C@H]1O[C@H]2n1nnc2c(=O)[nH]c(N)nc21)(C(C)C)C(C)C)C(C)C. The van der Waals surface area contributed by atoms with Gasteiger partial charge in [0.15, 0.2) is 17.4 Å². The number of ether oxygens (including phenoxy) is 2. The highest BCUT2D eigenvalue weighted by atomic mass is 32.7. The maximum atomic E-state index is 14.4. The number of nitrogens with one attached hydrogen (secondary N) is 1. The van der Waals surface area contributed by atoms with Gasteiger partial charge in [0.2, 0.25) is 11.8 Å². The van der Waals surface area contributed by atoms with Gasteiger partial charge in [0.1, 0.15) is 30.7 Å². The molecule has 4 N–H and O–H groups in total. The third-order valence-corrected chi connectivity index (χ3v) is 23.6. The summed E-state index contributed by atoms with van der Waals surface area (Å²) in [5.41, 5.74) is 4.06. The summed E-state index contributed by atoms with van der Waals surface area (Å²) in [6.45, 7) is 6.26. The average molecular weight is 911 g/mol. The molecule has 1 aliphatic carbocycles. The molecule has 0 unspecified atom stereocenters. The summed E-state index contributed by atoms with van der Waals surface area (Å²) in [5.74, 6) is -0.417. The number of rotatable bonds is 11. The van der Waals surface area contributed by atoms with Gasteiger partial charge < -0.3 is 33.1 Å². The van der Waals surface area contributed by atoms with E-state index in [1.807, 2.05) is 55.4 Å². The van der Waals surface area contributed by atoms with Gasteiger partial charge in [-0.05, 0) is 28.6 Å². The van der Waals surface area contributed by atoms with Gasteiger partial charge in [-0.1, -0.05) is 85.1 Å². The van der Waals surface area contributed by atoms with Crippen molar-refractivity contribution in [1.29, 1.82) is 0 Å². The van der Waals surface area contributed by atoms with Crippen molar-refractivity contribution in [1.82, 2.24) is 34.9 Å². The molecule has 0 amide bonds. The van der Waals surface area contributed by atoms with Crippen LogP contribution in [-0.4, -0.2) is 101 Å². The number of thiol groups is 2. The molecule has 2 saturated heterocycles. The molecule has 3 fully saturated rings. The maximum Gasteiger partial charge on any atom is 0.386 e. The molecule has 5 heterocycles. The zero-order chi connectivity index (χ0) is 41.7. The second kappa shape index (κ2) is 17.3. The highest BCUT2D eigenvalue weighted by Crippen LogP contribution is 2.61. The minimum Gasteiger partial charge on any atom is -0.474 e. The molecular formula is C31H52N8O12P2S2Si2. The van der Waals surface area contributed by atoms with E-state index in [-0.39, 0.29) is 52.3 Å². The van der Waals surface area contributed by atoms with Gasteiger partial charge in [-0.25, -0.2) is 19.1 Å². The Kier molecular flexibility index (Phi) is 13.6. The molecule has 2 bridgehead atoms. The van der Waals surface area contributed by atoms with Crippen LogP contribution in [0.25, 0.3) is 11.2 Å². The molecule has 0 spiro atoms. The lowest BCUT2D eigenvalue weighted by Gasteiger charge is -2.47. The summed E-state index contributed by atoms with van der Waals surface area (Å²) >= 11 is 8.78. The first-order valence-electron chi connectivity index (χ1n) is 18.7. The van der Waals surface area contributed by atoms with Gasteiger partial charge in [0, 0.05) is 24.6 Å². The second-order valence-electron chi connectivity index (χ2n) is 15.8. The number of fused-ring (bicyclic) bond motifs is 4. The van der Waals surface area contributed by atoms with Crippen LogP contribution in [0.2, 0.25) is 22.2 Å². The minimum absolute atomic E-state index is 0.0770. The monoisotopic (exact) mass is 910 g/mol. The predicted octanol–water partition coefficient (Wildman–Crippen LogP) is 5.45. The van der Waals surface area contributed by atoms with Crippen molar-refractivity contribution >= 4 is 72.3 Å². The van der Waals surface area contributed by atoms with E-state index in [2.05, 4.69) is 54.7 Å². The number of hydrogen-bond acceptors (Lipinski definition) is 18. The normalized spacial score (nSPS) is 31.8. The van der Waals surface area contributed by atoms with Crippen LogP contribution in [-0.2, 0) is 40.5 Å². The van der Waals surface area contributed by atoms with E-state index >= 15 is 0 Å². The molecule has 3 aliphatic rings. The second-order valence-corrected chi connectivity index (χ2v) is 30.1. The van der Waals surface area contributed by atoms with Crippen molar-refractivity contribution in [2.75, 3.05) is 18.9 Å². The topological polar surface area (TPSA) is 256 Å². The van der Waals surface area contributed by atoms with E-state index in [1.165, 1.54) is 12.5 Å². The molecule has 0 aromatic carbocycles. The van der Waals surface area contributed by atoms with Crippen LogP contribution in [0.4, 0.5) is 5.95 Å². The summed E-state index contributed by atoms with van der Waals surface area (Å²) < 4.78 is 80.8. The van der Waals surface area contributed by atoms with Crippen molar-refractivity contribution in [2.24, 2.45) is 5.92 Å². The summed E-state index contributed by atoms with van der Waals surface area (Å²) in [6.07, 6.45) is -2.93. The molecular weight excluding hydrogens is 859 g/mol. The molecule has 318 valence electrons. The van der Waals surface area contributed by atoms with Gasteiger partial charge in [-0.3, -0.25) is 23.3 Å². The molecule has 9 atom stereocenters. The fourth-order valence-electron chi connectivity index (χ4n) is 7.59. The highest BCUT2D eigenvalue weighted by molar-refractivity contribution is 8.44. The Morgan fingerprint density at radius 3 is 2.28 bits per heavy atom. The Bertz CT molecular complexity index is 2020. The molecule has 3 aromatic rings. The number of hydrogen-bond donors (Lipinski definition) is 5. The fourth-order valence-corrected chi connectivity index (χ4v) is 20.6. The average Bonchev–Trinajstić information content (AvgIpc) is 3.80. The van der Waals surface area contributed by atoms with Crippen molar-refractivity contribution in [2.45, 2.75) is 127 Å². The summed E-state index contributed by atoms with van der Waals surface area (Å²) in [7, 11) is -7.11.